The molecule has 8 heteroatoms. The quantitative estimate of drug-likeness (QED) is 0.529. The van der Waals surface area contributed by atoms with Crippen LogP contribution in [0.5, 0.6) is 0 Å². The molecule has 3 rings (SSSR count). The van der Waals surface area contributed by atoms with Crippen molar-refractivity contribution in [3.8, 4) is 11.4 Å². The van der Waals surface area contributed by atoms with Gasteiger partial charge in [-0.2, -0.15) is 0 Å². The average molecular weight is 374 g/mol. The van der Waals surface area contributed by atoms with Crippen molar-refractivity contribution in [3.63, 3.8) is 0 Å². The van der Waals surface area contributed by atoms with Gasteiger partial charge in [0.05, 0.1) is 10.8 Å². The van der Waals surface area contributed by atoms with Gasteiger partial charge in [-0.05, 0) is 31.2 Å². The zero-order chi connectivity index (χ0) is 17.8. The fraction of sp³-hybridized carbons (Fsp3) is 0.118. The van der Waals surface area contributed by atoms with Crippen LogP contribution >= 0.6 is 23.4 Å². The van der Waals surface area contributed by atoms with Crippen LogP contribution in [0, 0.1) is 6.92 Å². The monoisotopic (exact) mass is 373 g/mol. The molecule has 0 unspecified atom stereocenters. The lowest BCUT2D eigenvalue weighted by Crippen LogP contribution is -2.16. The highest BCUT2D eigenvalue weighted by Crippen LogP contribution is 2.27. The average Bonchev–Trinajstić information content (AvgIpc) is 2.96. The SMILES string of the molecule is Cc1ccc(NC(=O)CSc2nnc(-c3ccccc3Cl)n2N)cc1. The standard InChI is InChI=1S/C17H16ClN5OS/c1-11-6-8-12(9-7-11)20-15(24)10-25-17-22-21-16(23(17)19)13-4-2-3-5-14(13)18/h2-9H,10,19H2,1H3,(H,20,24). The predicted molar refractivity (Wildman–Crippen MR) is 101 cm³/mol. The van der Waals surface area contributed by atoms with Crippen LogP contribution in [0.2, 0.25) is 5.02 Å². The van der Waals surface area contributed by atoms with E-state index in [2.05, 4.69) is 15.5 Å². The van der Waals surface area contributed by atoms with Crippen LogP contribution < -0.4 is 11.2 Å². The molecule has 0 saturated carbocycles. The van der Waals surface area contributed by atoms with Gasteiger partial charge in [0.15, 0.2) is 5.82 Å². The van der Waals surface area contributed by atoms with Gasteiger partial charge in [0.25, 0.3) is 0 Å². The van der Waals surface area contributed by atoms with E-state index in [1.54, 1.807) is 6.07 Å². The number of anilines is 1. The minimum Gasteiger partial charge on any atom is -0.335 e. The van der Waals surface area contributed by atoms with E-state index in [1.165, 1.54) is 16.4 Å². The summed E-state index contributed by atoms with van der Waals surface area (Å²) < 4.78 is 1.34. The molecule has 1 aromatic heterocycles. The summed E-state index contributed by atoms with van der Waals surface area (Å²) in [6, 6.07) is 14.8. The molecule has 1 heterocycles. The maximum atomic E-state index is 12.1. The molecule has 0 atom stereocenters. The van der Waals surface area contributed by atoms with E-state index < -0.39 is 0 Å². The summed E-state index contributed by atoms with van der Waals surface area (Å²) in [5.41, 5.74) is 2.58. The van der Waals surface area contributed by atoms with Crippen molar-refractivity contribution in [1.82, 2.24) is 14.9 Å². The number of halogens is 1. The van der Waals surface area contributed by atoms with Crippen LogP contribution in [0.3, 0.4) is 0 Å². The van der Waals surface area contributed by atoms with Crippen molar-refractivity contribution in [3.05, 3.63) is 59.1 Å². The number of thioether (sulfide) groups is 1. The summed E-state index contributed by atoms with van der Waals surface area (Å²) in [5, 5.41) is 11.9. The number of hydrogen-bond acceptors (Lipinski definition) is 5. The van der Waals surface area contributed by atoms with Gasteiger partial charge in [-0.25, -0.2) is 4.68 Å². The largest absolute Gasteiger partial charge is 0.335 e. The number of hydrogen-bond donors (Lipinski definition) is 2. The number of carbonyl (C=O) groups is 1. The minimum absolute atomic E-state index is 0.142. The van der Waals surface area contributed by atoms with E-state index in [4.69, 9.17) is 17.4 Å². The molecular formula is C17H16ClN5OS. The first-order chi connectivity index (χ1) is 12.0. The molecule has 3 aromatic rings. The Kier molecular flexibility index (Phi) is 5.25. The molecule has 0 radical (unpaired) electrons. The van der Waals surface area contributed by atoms with Crippen LogP contribution in [0.4, 0.5) is 5.69 Å². The lowest BCUT2D eigenvalue weighted by molar-refractivity contribution is -0.113. The zero-order valence-electron chi connectivity index (χ0n) is 13.4. The maximum Gasteiger partial charge on any atom is 0.234 e. The first kappa shape index (κ1) is 17.3. The first-order valence-electron chi connectivity index (χ1n) is 7.49. The summed E-state index contributed by atoms with van der Waals surface area (Å²) >= 11 is 7.37. The van der Waals surface area contributed by atoms with Crippen LogP contribution in [-0.2, 0) is 4.79 Å². The number of carbonyl (C=O) groups excluding carboxylic acids is 1. The molecule has 0 aliphatic rings. The highest BCUT2D eigenvalue weighted by Gasteiger charge is 2.15. The Hall–Kier alpha value is -2.51. The molecule has 0 aliphatic carbocycles. The smallest absolute Gasteiger partial charge is 0.234 e. The number of amides is 1. The summed E-state index contributed by atoms with van der Waals surface area (Å²) in [6.07, 6.45) is 0. The fourth-order valence-corrected chi connectivity index (χ4v) is 3.04. The molecule has 3 N–H and O–H groups in total. The van der Waals surface area contributed by atoms with E-state index >= 15 is 0 Å². The Bertz CT molecular complexity index is 894. The second-order valence-electron chi connectivity index (χ2n) is 5.36. The van der Waals surface area contributed by atoms with Gasteiger partial charge < -0.3 is 11.2 Å². The Labute approximate surface area is 154 Å². The number of aromatic nitrogens is 3. The third kappa shape index (κ3) is 4.12. The van der Waals surface area contributed by atoms with E-state index in [0.29, 0.717) is 21.6 Å². The van der Waals surface area contributed by atoms with Crippen LogP contribution in [0.25, 0.3) is 11.4 Å². The maximum absolute atomic E-state index is 12.1. The summed E-state index contributed by atoms with van der Waals surface area (Å²) in [6.45, 7) is 1.99. The Morgan fingerprint density at radius 3 is 2.64 bits per heavy atom. The summed E-state index contributed by atoms with van der Waals surface area (Å²) in [4.78, 5) is 12.1. The Morgan fingerprint density at radius 1 is 1.20 bits per heavy atom. The molecule has 0 bridgehead atoms. The summed E-state index contributed by atoms with van der Waals surface area (Å²) in [5.74, 6) is 6.52. The molecule has 0 aliphatic heterocycles. The van der Waals surface area contributed by atoms with Gasteiger partial charge in [0.1, 0.15) is 0 Å². The van der Waals surface area contributed by atoms with E-state index in [1.807, 2.05) is 49.4 Å². The molecule has 6 nitrogen and oxygen atoms in total. The Morgan fingerprint density at radius 2 is 1.92 bits per heavy atom. The molecule has 25 heavy (non-hydrogen) atoms. The molecule has 128 valence electrons. The lowest BCUT2D eigenvalue weighted by atomic mass is 10.2. The number of aryl methyl sites for hydroxylation is 1. The van der Waals surface area contributed by atoms with Gasteiger partial charge >= 0.3 is 0 Å². The van der Waals surface area contributed by atoms with Crippen molar-refractivity contribution < 1.29 is 4.79 Å². The van der Waals surface area contributed by atoms with Gasteiger partial charge in [0.2, 0.25) is 11.1 Å². The normalized spacial score (nSPS) is 10.6. The minimum atomic E-state index is -0.142. The van der Waals surface area contributed by atoms with Crippen molar-refractivity contribution in [2.24, 2.45) is 0 Å². The number of nitrogens with zero attached hydrogens (tertiary/aromatic N) is 3. The van der Waals surface area contributed by atoms with Gasteiger partial charge in [-0.3, -0.25) is 4.79 Å². The highest BCUT2D eigenvalue weighted by molar-refractivity contribution is 7.99. The topological polar surface area (TPSA) is 85.8 Å². The van der Waals surface area contributed by atoms with Gasteiger partial charge in [-0.1, -0.05) is 53.2 Å². The van der Waals surface area contributed by atoms with Crippen molar-refractivity contribution in [2.45, 2.75) is 12.1 Å². The third-order valence-corrected chi connectivity index (χ3v) is 4.72. The molecule has 0 saturated heterocycles. The molecule has 2 aromatic carbocycles. The Balaban J connectivity index is 1.65. The molecule has 1 amide bonds. The van der Waals surface area contributed by atoms with Crippen molar-refractivity contribution in [1.29, 1.82) is 0 Å². The first-order valence-corrected chi connectivity index (χ1v) is 8.85. The fourth-order valence-electron chi connectivity index (χ4n) is 2.17. The van der Waals surface area contributed by atoms with Crippen LogP contribution in [-0.4, -0.2) is 26.5 Å². The third-order valence-electron chi connectivity index (χ3n) is 3.45. The lowest BCUT2D eigenvalue weighted by Gasteiger charge is -2.06. The number of nitrogens with one attached hydrogen (secondary N) is 1. The number of nitrogens with two attached hydrogens (primary N) is 1. The second-order valence-corrected chi connectivity index (χ2v) is 6.71. The number of rotatable bonds is 5. The van der Waals surface area contributed by atoms with Crippen molar-refractivity contribution >= 4 is 35.0 Å². The molecule has 0 fully saturated rings. The molecular weight excluding hydrogens is 358 g/mol. The van der Waals surface area contributed by atoms with Crippen molar-refractivity contribution in [2.75, 3.05) is 16.9 Å². The molecule has 0 spiro atoms. The summed E-state index contributed by atoms with van der Waals surface area (Å²) in [7, 11) is 0. The zero-order valence-corrected chi connectivity index (χ0v) is 15.0. The highest BCUT2D eigenvalue weighted by atomic mass is 35.5. The van der Waals surface area contributed by atoms with E-state index in [-0.39, 0.29) is 11.7 Å². The van der Waals surface area contributed by atoms with Crippen LogP contribution in [0.1, 0.15) is 5.56 Å². The predicted octanol–water partition coefficient (Wildman–Crippen LogP) is 3.35. The van der Waals surface area contributed by atoms with Gasteiger partial charge in [-0.15, -0.1) is 10.2 Å². The van der Waals surface area contributed by atoms with E-state index in [0.717, 1.165) is 11.3 Å². The number of nitrogen functional groups attached to an aromatic ring is 1. The second kappa shape index (κ2) is 7.58. The van der Waals surface area contributed by atoms with Gasteiger partial charge in [0, 0.05) is 11.3 Å². The van der Waals surface area contributed by atoms with E-state index in [9.17, 15) is 4.79 Å². The van der Waals surface area contributed by atoms with Crippen LogP contribution in [0.15, 0.2) is 53.7 Å². The number of benzene rings is 2.